The van der Waals surface area contributed by atoms with Gasteiger partial charge < -0.3 is 15.2 Å². The summed E-state index contributed by atoms with van der Waals surface area (Å²) in [5, 5.41) is 0. The van der Waals surface area contributed by atoms with Crippen LogP contribution in [0.3, 0.4) is 0 Å². The smallest absolute Gasteiger partial charge is 0.158 e. The molecule has 4 heteroatoms. The molecule has 0 aromatic heterocycles. The lowest BCUT2D eigenvalue weighted by atomic mass is 9.95. The third-order valence-corrected chi connectivity index (χ3v) is 3.76. The predicted octanol–water partition coefficient (Wildman–Crippen LogP) is 1.84. The second-order valence-electron chi connectivity index (χ2n) is 5.15. The number of hydrogen-bond acceptors (Lipinski definition) is 4. The van der Waals surface area contributed by atoms with Crippen LogP contribution in [-0.2, 0) is 16.0 Å². The molecule has 108 valence electrons. The number of nitrogens with zero attached hydrogens (tertiary/aromatic N) is 1. The van der Waals surface area contributed by atoms with Crippen molar-refractivity contribution in [3.05, 3.63) is 35.9 Å². The maximum atomic E-state index is 5.97. The SMILES string of the molecule is COC(CC(C)(CN)N(C)Cc1ccccc1)OC. The number of hydrogen-bond donors (Lipinski definition) is 1. The van der Waals surface area contributed by atoms with E-state index in [9.17, 15) is 0 Å². The molecule has 0 fully saturated rings. The summed E-state index contributed by atoms with van der Waals surface area (Å²) in [6.45, 7) is 3.55. The highest BCUT2D eigenvalue weighted by molar-refractivity contribution is 5.14. The van der Waals surface area contributed by atoms with Gasteiger partial charge in [-0.25, -0.2) is 0 Å². The first-order valence-electron chi connectivity index (χ1n) is 6.56. The van der Waals surface area contributed by atoms with Gasteiger partial charge in [-0.15, -0.1) is 0 Å². The van der Waals surface area contributed by atoms with E-state index >= 15 is 0 Å². The molecule has 4 nitrogen and oxygen atoms in total. The molecule has 1 atom stereocenters. The Hall–Kier alpha value is -0.940. The van der Waals surface area contributed by atoms with Gasteiger partial charge >= 0.3 is 0 Å². The minimum atomic E-state index is -0.230. The molecule has 0 saturated heterocycles. The fraction of sp³-hybridized carbons (Fsp3) is 0.600. The molecule has 1 rings (SSSR count). The van der Waals surface area contributed by atoms with Gasteiger partial charge in [-0.2, -0.15) is 0 Å². The highest BCUT2D eigenvalue weighted by atomic mass is 16.7. The van der Waals surface area contributed by atoms with E-state index in [0.29, 0.717) is 6.54 Å². The lowest BCUT2D eigenvalue weighted by Gasteiger charge is -2.39. The Morgan fingerprint density at radius 2 is 1.79 bits per heavy atom. The third-order valence-electron chi connectivity index (χ3n) is 3.76. The number of methoxy groups -OCH3 is 2. The predicted molar refractivity (Wildman–Crippen MR) is 77.8 cm³/mol. The second kappa shape index (κ2) is 7.60. The van der Waals surface area contributed by atoms with Gasteiger partial charge in [-0.3, -0.25) is 4.90 Å². The zero-order valence-electron chi connectivity index (χ0n) is 12.4. The van der Waals surface area contributed by atoms with Crippen LogP contribution < -0.4 is 5.73 Å². The van der Waals surface area contributed by atoms with Crippen molar-refractivity contribution in [2.45, 2.75) is 31.7 Å². The molecule has 0 bridgehead atoms. The van der Waals surface area contributed by atoms with Crippen molar-refractivity contribution in [2.75, 3.05) is 27.8 Å². The summed E-state index contributed by atoms with van der Waals surface area (Å²) in [6.07, 6.45) is 0.506. The third kappa shape index (κ3) is 4.58. The standard InChI is InChI=1S/C15H26N2O2/c1-15(12-16,10-14(18-3)19-4)17(2)11-13-8-6-5-7-9-13/h5-9,14H,10-12,16H2,1-4H3. The number of benzene rings is 1. The van der Waals surface area contributed by atoms with Gasteiger partial charge in [-0.05, 0) is 19.5 Å². The maximum Gasteiger partial charge on any atom is 0.158 e. The Kier molecular flexibility index (Phi) is 6.45. The Morgan fingerprint density at radius 3 is 2.26 bits per heavy atom. The lowest BCUT2D eigenvalue weighted by molar-refractivity contribution is -0.127. The van der Waals surface area contributed by atoms with E-state index in [0.717, 1.165) is 13.0 Å². The van der Waals surface area contributed by atoms with E-state index in [2.05, 4.69) is 43.1 Å². The molecule has 2 N–H and O–H groups in total. The van der Waals surface area contributed by atoms with Gasteiger partial charge in [0.15, 0.2) is 6.29 Å². The first-order valence-corrected chi connectivity index (χ1v) is 6.56. The fourth-order valence-corrected chi connectivity index (χ4v) is 2.07. The summed E-state index contributed by atoms with van der Waals surface area (Å²) < 4.78 is 10.6. The zero-order valence-corrected chi connectivity index (χ0v) is 12.4. The average Bonchev–Trinajstić information content (AvgIpc) is 2.45. The van der Waals surface area contributed by atoms with Crippen molar-refractivity contribution < 1.29 is 9.47 Å². The normalized spacial score (nSPS) is 14.9. The van der Waals surface area contributed by atoms with Crippen LogP contribution in [0.25, 0.3) is 0 Å². The molecular weight excluding hydrogens is 240 g/mol. The second-order valence-corrected chi connectivity index (χ2v) is 5.15. The van der Waals surface area contributed by atoms with Gasteiger partial charge in [-0.1, -0.05) is 30.3 Å². The van der Waals surface area contributed by atoms with Crippen molar-refractivity contribution in [1.82, 2.24) is 4.90 Å². The van der Waals surface area contributed by atoms with Gasteiger partial charge in [0.2, 0.25) is 0 Å². The molecule has 0 saturated carbocycles. The molecule has 0 aliphatic heterocycles. The number of ether oxygens (including phenoxy) is 2. The quantitative estimate of drug-likeness (QED) is 0.729. The summed E-state index contributed by atoms with van der Waals surface area (Å²) in [4.78, 5) is 2.26. The molecule has 0 aliphatic carbocycles. The summed E-state index contributed by atoms with van der Waals surface area (Å²) in [5.74, 6) is 0. The van der Waals surface area contributed by atoms with Crippen LogP contribution in [0.15, 0.2) is 30.3 Å². The highest BCUT2D eigenvalue weighted by Crippen LogP contribution is 2.22. The summed E-state index contributed by atoms with van der Waals surface area (Å²) in [7, 11) is 5.40. The first kappa shape index (κ1) is 16.1. The van der Waals surface area contributed by atoms with E-state index in [1.807, 2.05) is 6.07 Å². The fourth-order valence-electron chi connectivity index (χ4n) is 2.07. The van der Waals surface area contributed by atoms with Crippen molar-refractivity contribution in [2.24, 2.45) is 5.73 Å². The maximum absolute atomic E-state index is 5.97. The van der Waals surface area contributed by atoms with E-state index in [1.54, 1.807) is 14.2 Å². The Morgan fingerprint density at radius 1 is 1.21 bits per heavy atom. The van der Waals surface area contributed by atoms with Crippen molar-refractivity contribution in [1.29, 1.82) is 0 Å². The minimum absolute atomic E-state index is 0.160. The van der Waals surface area contributed by atoms with E-state index in [4.69, 9.17) is 15.2 Å². The van der Waals surface area contributed by atoms with Crippen molar-refractivity contribution in [3.63, 3.8) is 0 Å². The monoisotopic (exact) mass is 266 g/mol. The molecule has 0 radical (unpaired) electrons. The number of likely N-dealkylation sites (N-methyl/N-ethyl adjacent to an activating group) is 1. The van der Waals surface area contributed by atoms with Crippen LogP contribution in [-0.4, -0.2) is 44.5 Å². The molecule has 1 aromatic carbocycles. The Labute approximate surface area is 116 Å². The van der Waals surface area contributed by atoms with Crippen LogP contribution in [0.5, 0.6) is 0 Å². The topological polar surface area (TPSA) is 47.7 Å². The molecule has 19 heavy (non-hydrogen) atoms. The van der Waals surface area contributed by atoms with Crippen molar-refractivity contribution in [3.8, 4) is 0 Å². The van der Waals surface area contributed by atoms with Crippen LogP contribution in [0.2, 0.25) is 0 Å². The summed E-state index contributed by atoms with van der Waals surface area (Å²) in [5.41, 5.74) is 7.08. The molecule has 1 aromatic rings. The van der Waals surface area contributed by atoms with Gasteiger partial charge in [0.1, 0.15) is 0 Å². The van der Waals surface area contributed by atoms with Crippen LogP contribution in [0.4, 0.5) is 0 Å². The molecular formula is C15H26N2O2. The zero-order chi connectivity index (χ0) is 14.3. The molecule has 1 unspecified atom stereocenters. The summed E-state index contributed by atoms with van der Waals surface area (Å²) in [6, 6.07) is 10.4. The minimum Gasteiger partial charge on any atom is -0.356 e. The van der Waals surface area contributed by atoms with Gasteiger partial charge in [0.25, 0.3) is 0 Å². The lowest BCUT2D eigenvalue weighted by Crippen LogP contribution is -2.51. The van der Waals surface area contributed by atoms with E-state index in [1.165, 1.54) is 5.56 Å². The highest BCUT2D eigenvalue weighted by Gasteiger charge is 2.31. The molecule has 0 amide bonds. The van der Waals surface area contributed by atoms with Crippen molar-refractivity contribution >= 4 is 0 Å². The molecule has 0 aliphatic rings. The summed E-state index contributed by atoms with van der Waals surface area (Å²) >= 11 is 0. The number of rotatable bonds is 8. The Balaban J connectivity index is 2.71. The first-order chi connectivity index (χ1) is 9.05. The van der Waals surface area contributed by atoms with E-state index in [-0.39, 0.29) is 11.8 Å². The Bertz CT molecular complexity index is 354. The van der Waals surface area contributed by atoms with E-state index < -0.39 is 0 Å². The molecule has 0 spiro atoms. The van der Waals surface area contributed by atoms with Gasteiger partial charge in [0.05, 0.1) is 0 Å². The van der Waals surface area contributed by atoms with Crippen LogP contribution in [0.1, 0.15) is 18.9 Å². The van der Waals surface area contributed by atoms with Crippen LogP contribution >= 0.6 is 0 Å². The van der Waals surface area contributed by atoms with Gasteiger partial charge in [0, 0.05) is 39.3 Å². The molecule has 0 heterocycles. The average molecular weight is 266 g/mol. The largest absolute Gasteiger partial charge is 0.356 e. The number of nitrogens with two attached hydrogens (primary N) is 1. The van der Waals surface area contributed by atoms with Crippen LogP contribution in [0, 0.1) is 0 Å².